The highest BCUT2D eigenvalue weighted by molar-refractivity contribution is 14.0. The summed E-state index contributed by atoms with van der Waals surface area (Å²) >= 11 is 0. The maximum Gasteiger partial charge on any atom is 0.390 e. The monoisotopic (exact) mass is 451 g/mol. The van der Waals surface area contributed by atoms with E-state index in [1.807, 2.05) is 11.8 Å². The number of ether oxygens (including phenoxy) is 2. The van der Waals surface area contributed by atoms with Gasteiger partial charge in [-0.25, -0.2) is 0 Å². The van der Waals surface area contributed by atoms with Gasteiger partial charge in [-0.05, 0) is 19.8 Å². The third-order valence-corrected chi connectivity index (χ3v) is 3.76. The summed E-state index contributed by atoms with van der Waals surface area (Å²) in [5.41, 5.74) is 0. The molecule has 0 aromatic carbocycles. The molecule has 2 aliphatic rings. The molecule has 1 N–H and O–H groups in total. The summed E-state index contributed by atoms with van der Waals surface area (Å²) in [6.45, 7) is 4.78. The highest BCUT2D eigenvalue weighted by Crippen LogP contribution is 2.21. The summed E-state index contributed by atoms with van der Waals surface area (Å²) in [7, 11) is 0. The average Bonchev–Trinajstić information content (AvgIpc) is 2.99. The first kappa shape index (κ1) is 20.8. The number of hydrogen-bond acceptors (Lipinski definition) is 3. The molecule has 0 spiro atoms. The molecule has 136 valence electrons. The standard InChI is InChI=1S/C14H24F3N3O2.HI/c1-2-18-13(19-6-5-14(15,16)17)20-7-9-22-12(10-20)11-4-3-8-21-11;/h11-12H,2-10H2,1H3,(H,18,19);1H. The molecule has 5 nitrogen and oxygen atoms in total. The molecule has 0 aromatic rings. The Morgan fingerprint density at radius 2 is 2.00 bits per heavy atom. The lowest BCUT2D eigenvalue weighted by Gasteiger charge is -2.37. The normalized spacial score (nSPS) is 26.1. The van der Waals surface area contributed by atoms with Gasteiger partial charge < -0.3 is 19.7 Å². The van der Waals surface area contributed by atoms with E-state index >= 15 is 0 Å². The number of rotatable bonds is 4. The molecule has 2 fully saturated rings. The summed E-state index contributed by atoms with van der Waals surface area (Å²) < 4.78 is 48.2. The number of hydrogen-bond donors (Lipinski definition) is 1. The average molecular weight is 451 g/mol. The van der Waals surface area contributed by atoms with Gasteiger partial charge in [0, 0.05) is 26.2 Å². The number of guanidine groups is 1. The molecule has 2 atom stereocenters. The summed E-state index contributed by atoms with van der Waals surface area (Å²) in [5, 5.41) is 3.06. The lowest BCUT2D eigenvalue weighted by molar-refractivity contribution is -0.132. The van der Waals surface area contributed by atoms with E-state index < -0.39 is 12.6 Å². The minimum absolute atomic E-state index is 0. The van der Waals surface area contributed by atoms with Crippen LogP contribution in [0.3, 0.4) is 0 Å². The van der Waals surface area contributed by atoms with E-state index in [0.29, 0.717) is 32.2 Å². The minimum Gasteiger partial charge on any atom is -0.375 e. The zero-order valence-electron chi connectivity index (χ0n) is 13.3. The molecule has 2 heterocycles. The SMILES string of the molecule is CCNC(=NCCC(F)(F)F)N1CCOC(C2CCCO2)C1.I. The molecule has 0 aromatic heterocycles. The van der Waals surface area contributed by atoms with E-state index in [0.717, 1.165) is 19.4 Å². The summed E-state index contributed by atoms with van der Waals surface area (Å²) in [4.78, 5) is 6.07. The van der Waals surface area contributed by atoms with Gasteiger partial charge in [-0.2, -0.15) is 13.2 Å². The van der Waals surface area contributed by atoms with Crippen molar-refractivity contribution in [1.82, 2.24) is 10.2 Å². The fourth-order valence-corrected chi connectivity index (χ4v) is 2.70. The first-order valence-electron chi connectivity index (χ1n) is 7.83. The van der Waals surface area contributed by atoms with Crippen LogP contribution in [-0.2, 0) is 9.47 Å². The predicted octanol–water partition coefficient (Wildman–Crippen LogP) is 2.40. The fraction of sp³-hybridized carbons (Fsp3) is 0.929. The Morgan fingerprint density at radius 3 is 2.61 bits per heavy atom. The number of halogens is 4. The molecule has 2 rings (SSSR count). The Bertz CT molecular complexity index is 377. The topological polar surface area (TPSA) is 46.1 Å². The van der Waals surface area contributed by atoms with E-state index in [2.05, 4.69) is 10.3 Å². The Labute approximate surface area is 152 Å². The molecule has 2 saturated heterocycles. The second-order valence-electron chi connectivity index (χ2n) is 5.51. The van der Waals surface area contributed by atoms with E-state index in [4.69, 9.17) is 9.47 Å². The van der Waals surface area contributed by atoms with Crippen molar-refractivity contribution in [2.24, 2.45) is 4.99 Å². The van der Waals surface area contributed by atoms with E-state index in [1.54, 1.807) is 0 Å². The van der Waals surface area contributed by atoms with Crippen LogP contribution in [0.25, 0.3) is 0 Å². The van der Waals surface area contributed by atoms with Crippen molar-refractivity contribution in [1.29, 1.82) is 0 Å². The van der Waals surface area contributed by atoms with E-state index in [-0.39, 0.29) is 42.7 Å². The van der Waals surface area contributed by atoms with Gasteiger partial charge in [0.25, 0.3) is 0 Å². The highest BCUT2D eigenvalue weighted by atomic mass is 127. The molecule has 2 aliphatic heterocycles. The van der Waals surface area contributed by atoms with Crippen molar-refractivity contribution in [2.75, 3.05) is 39.4 Å². The van der Waals surface area contributed by atoms with Gasteiger partial charge >= 0.3 is 6.18 Å². The van der Waals surface area contributed by atoms with Gasteiger partial charge in [0.1, 0.15) is 6.10 Å². The number of alkyl halides is 3. The van der Waals surface area contributed by atoms with Gasteiger partial charge in [-0.3, -0.25) is 4.99 Å². The van der Waals surface area contributed by atoms with Crippen molar-refractivity contribution in [2.45, 2.75) is 44.6 Å². The molecule has 0 radical (unpaired) electrons. The predicted molar refractivity (Wildman–Crippen MR) is 92.4 cm³/mol. The minimum atomic E-state index is -4.17. The van der Waals surface area contributed by atoms with E-state index in [9.17, 15) is 13.2 Å². The quantitative estimate of drug-likeness (QED) is 0.405. The lowest BCUT2D eigenvalue weighted by Crippen LogP contribution is -2.53. The second-order valence-corrected chi connectivity index (χ2v) is 5.51. The highest BCUT2D eigenvalue weighted by Gasteiger charge is 2.32. The van der Waals surface area contributed by atoms with Crippen molar-refractivity contribution < 1.29 is 22.6 Å². The van der Waals surface area contributed by atoms with Gasteiger partial charge in [0.15, 0.2) is 5.96 Å². The molecule has 9 heteroatoms. The van der Waals surface area contributed by atoms with Gasteiger partial charge in [0.2, 0.25) is 0 Å². The Morgan fingerprint density at radius 1 is 1.26 bits per heavy atom. The molecule has 0 aliphatic carbocycles. The lowest BCUT2D eigenvalue weighted by atomic mass is 10.1. The summed E-state index contributed by atoms with van der Waals surface area (Å²) in [5.74, 6) is 0.526. The molecule has 0 bridgehead atoms. The van der Waals surface area contributed by atoms with Crippen LogP contribution in [0.15, 0.2) is 4.99 Å². The van der Waals surface area contributed by atoms with Crippen molar-refractivity contribution >= 4 is 29.9 Å². The number of nitrogens with one attached hydrogen (secondary N) is 1. The largest absolute Gasteiger partial charge is 0.390 e. The first-order valence-corrected chi connectivity index (χ1v) is 7.83. The first-order chi connectivity index (χ1) is 10.5. The zero-order valence-corrected chi connectivity index (χ0v) is 15.6. The van der Waals surface area contributed by atoms with Crippen LogP contribution >= 0.6 is 24.0 Å². The summed E-state index contributed by atoms with van der Waals surface area (Å²) in [6, 6.07) is 0. The molecule has 23 heavy (non-hydrogen) atoms. The number of morpholine rings is 1. The van der Waals surface area contributed by atoms with Crippen LogP contribution in [0, 0.1) is 0 Å². The van der Waals surface area contributed by atoms with Crippen LogP contribution in [0.4, 0.5) is 13.2 Å². The van der Waals surface area contributed by atoms with Crippen LogP contribution in [0.5, 0.6) is 0 Å². The van der Waals surface area contributed by atoms with Crippen LogP contribution < -0.4 is 5.32 Å². The van der Waals surface area contributed by atoms with Crippen molar-refractivity contribution in [3.63, 3.8) is 0 Å². The third-order valence-electron chi connectivity index (χ3n) is 3.76. The Balaban J connectivity index is 0.00000264. The molecular weight excluding hydrogens is 426 g/mol. The second kappa shape index (κ2) is 9.87. The van der Waals surface area contributed by atoms with Gasteiger partial charge in [-0.15, -0.1) is 24.0 Å². The molecule has 2 unspecified atom stereocenters. The van der Waals surface area contributed by atoms with Crippen molar-refractivity contribution in [3.05, 3.63) is 0 Å². The molecular formula is C14H25F3IN3O2. The summed E-state index contributed by atoms with van der Waals surface area (Å²) in [6.07, 6.45) is -3.03. The maximum atomic E-state index is 12.3. The maximum absolute atomic E-state index is 12.3. The van der Waals surface area contributed by atoms with Gasteiger partial charge in [-0.1, -0.05) is 0 Å². The van der Waals surface area contributed by atoms with Crippen LogP contribution in [0.2, 0.25) is 0 Å². The third kappa shape index (κ3) is 7.00. The van der Waals surface area contributed by atoms with Crippen molar-refractivity contribution in [3.8, 4) is 0 Å². The van der Waals surface area contributed by atoms with E-state index in [1.165, 1.54) is 0 Å². The zero-order chi connectivity index (χ0) is 16.0. The number of aliphatic imine (C=N–C) groups is 1. The molecule has 0 amide bonds. The number of nitrogens with zero attached hydrogens (tertiary/aromatic N) is 2. The Hall–Kier alpha value is -0.290. The van der Waals surface area contributed by atoms with Gasteiger partial charge in [0.05, 0.1) is 25.7 Å². The fourth-order valence-electron chi connectivity index (χ4n) is 2.70. The Kier molecular flexibility index (Phi) is 8.91. The van der Waals surface area contributed by atoms with Crippen LogP contribution in [-0.4, -0.2) is 68.6 Å². The smallest absolute Gasteiger partial charge is 0.375 e. The van der Waals surface area contributed by atoms with Crippen LogP contribution in [0.1, 0.15) is 26.2 Å². The molecule has 0 saturated carbocycles.